The summed E-state index contributed by atoms with van der Waals surface area (Å²) in [6, 6.07) is 2.21. The van der Waals surface area contributed by atoms with Crippen LogP contribution in [0.2, 0.25) is 0 Å². The average molecular weight is 232 g/mol. The summed E-state index contributed by atoms with van der Waals surface area (Å²) in [5.74, 6) is -0.120. The number of hydrogen-bond donors (Lipinski definition) is 1. The molecule has 88 valence electrons. The number of aromatic nitrogens is 1. The maximum absolute atomic E-state index is 12.6. The molecular formula is C10H11F3N2O. The van der Waals surface area contributed by atoms with Crippen LogP contribution in [-0.4, -0.2) is 24.2 Å². The Bertz CT molecular complexity index is 361. The Labute approximate surface area is 90.6 Å². The van der Waals surface area contributed by atoms with E-state index < -0.39 is 11.7 Å². The Morgan fingerprint density at radius 3 is 2.88 bits per heavy atom. The zero-order valence-electron chi connectivity index (χ0n) is 8.42. The van der Waals surface area contributed by atoms with Crippen molar-refractivity contribution in [2.75, 3.05) is 18.5 Å². The Morgan fingerprint density at radius 1 is 1.44 bits per heavy atom. The van der Waals surface area contributed by atoms with Gasteiger partial charge in [-0.25, -0.2) is 4.98 Å². The van der Waals surface area contributed by atoms with Crippen molar-refractivity contribution in [2.24, 2.45) is 0 Å². The van der Waals surface area contributed by atoms with Gasteiger partial charge in [-0.05, 0) is 18.6 Å². The Kier molecular flexibility index (Phi) is 3.00. The number of halogens is 3. The number of nitrogens with one attached hydrogen (secondary N) is 1. The van der Waals surface area contributed by atoms with Gasteiger partial charge in [0.2, 0.25) is 0 Å². The van der Waals surface area contributed by atoms with Gasteiger partial charge in [0.15, 0.2) is 0 Å². The fourth-order valence-electron chi connectivity index (χ4n) is 1.59. The summed E-state index contributed by atoms with van der Waals surface area (Å²) in [7, 11) is 0. The van der Waals surface area contributed by atoms with Crippen molar-refractivity contribution in [1.82, 2.24) is 4.98 Å². The van der Waals surface area contributed by atoms with E-state index in [1.54, 1.807) is 0 Å². The van der Waals surface area contributed by atoms with Gasteiger partial charge in [0, 0.05) is 12.8 Å². The first-order valence-electron chi connectivity index (χ1n) is 4.94. The van der Waals surface area contributed by atoms with Gasteiger partial charge in [0.25, 0.3) is 0 Å². The second kappa shape index (κ2) is 4.29. The van der Waals surface area contributed by atoms with E-state index in [0.29, 0.717) is 19.6 Å². The maximum Gasteiger partial charge on any atom is 0.419 e. The van der Waals surface area contributed by atoms with Crippen molar-refractivity contribution in [3.8, 4) is 0 Å². The van der Waals surface area contributed by atoms with Crippen molar-refractivity contribution < 1.29 is 17.9 Å². The van der Waals surface area contributed by atoms with E-state index in [1.165, 1.54) is 12.3 Å². The summed E-state index contributed by atoms with van der Waals surface area (Å²) in [5.41, 5.74) is -0.734. The van der Waals surface area contributed by atoms with Crippen LogP contribution in [0.1, 0.15) is 12.0 Å². The first-order valence-corrected chi connectivity index (χ1v) is 4.94. The minimum absolute atomic E-state index is 0.0870. The highest BCUT2D eigenvalue weighted by atomic mass is 19.4. The lowest BCUT2D eigenvalue weighted by Crippen LogP contribution is -2.22. The fraction of sp³-hybridized carbons (Fsp3) is 0.500. The highest BCUT2D eigenvalue weighted by Gasteiger charge is 2.34. The number of pyridine rings is 1. The lowest BCUT2D eigenvalue weighted by atomic mass is 10.2. The second-order valence-corrected chi connectivity index (χ2v) is 3.60. The van der Waals surface area contributed by atoms with Gasteiger partial charge < -0.3 is 10.1 Å². The standard InChI is InChI=1S/C10H11F3N2O/c11-10(12,13)8-2-1-4-14-9(8)15-7-3-5-16-6-7/h1-2,4,7H,3,5-6H2,(H,14,15). The molecule has 1 atom stereocenters. The zero-order chi connectivity index (χ0) is 11.6. The Morgan fingerprint density at radius 2 is 2.25 bits per heavy atom. The van der Waals surface area contributed by atoms with E-state index in [2.05, 4.69) is 10.3 Å². The predicted molar refractivity (Wildman–Crippen MR) is 52.1 cm³/mol. The summed E-state index contributed by atoms with van der Waals surface area (Å²) in [6.45, 7) is 1.000. The number of alkyl halides is 3. The summed E-state index contributed by atoms with van der Waals surface area (Å²) >= 11 is 0. The van der Waals surface area contributed by atoms with Gasteiger partial charge >= 0.3 is 6.18 Å². The molecule has 0 spiro atoms. The van der Waals surface area contributed by atoms with Gasteiger partial charge in [-0.15, -0.1) is 0 Å². The SMILES string of the molecule is FC(F)(F)c1cccnc1NC1CCOC1. The first kappa shape index (κ1) is 11.2. The zero-order valence-corrected chi connectivity index (χ0v) is 8.42. The second-order valence-electron chi connectivity index (χ2n) is 3.60. The van der Waals surface area contributed by atoms with Crippen LogP contribution in [0.25, 0.3) is 0 Å². The van der Waals surface area contributed by atoms with Crippen LogP contribution < -0.4 is 5.32 Å². The number of hydrogen-bond acceptors (Lipinski definition) is 3. The highest BCUT2D eigenvalue weighted by molar-refractivity contribution is 5.46. The summed E-state index contributed by atoms with van der Waals surface area (Å²) < 4.78 is 42.9. The van der Waals surface area contributed by atoms with Crippen molar-refractivity contribution in [2.45, 2.75) is 18.6 Å². The molecule has 0 bridgehead atoms. The average Bonchev–Trinajstić information content (AvgIpc) is 2.70. The molecule has 0 aliphatic carbocycles. The fourth-order valence-corrected chi connectivity index (χ4v) is 1.59. The minimum Gasteiger partial charge on any atom is -0.379 e. The highest BCUT2D eigenvalue weighted by Crippen LogP contribution is 2.33. The predicted octanol–water partition coefficient (Wildman–Crippen LogP) is 2.30. The van der Waals surface area contributed by atoms with E-state index in [0.717, 1.165) is 6.07 Å². The molecule has 1 unspecified atom stereocenters. The topological polar surface area (TPSA) is 34.2 Å². The smallest absolute Gasteiger partial charge is 0.379 e. The number of rotatable bonds is 2. The number of ether oxygens (including phenoxy) is 1. The molecule has 1 aliphatic rings. The van der Waals surface area contributed by atoms with E-state index in [4.69, 9.17) is 4.74 Å². The van der Waals surface area contributed by atoms with Gasteiger partial charge in [-0.3, -0.25) is 0 Å². The molecule has 1 aromatic heterocycles. The molecule has 2 rings (SSSR count). The van der Waals surface area contributed by atoms with Crippen LogP contribution in [0.5, 0.6) is 0 Å². The molecule has 6 heteroatoms. The lowest BCUT2D eigenvalue weighted by molar-refractivity contribution is -0.137. The third-order valence-corrected chi connectivity index (χ3v) is 2.38. The quantitative estimate of drug-likeness (QED) is 0.849. The molecule has 0 amide bonds. The minimum atomic E-state index is -4.38. The van der Waals surface area contributed by atoms with Gasteiger partial charge in [-0.2, -0.15) is 13.2 Å². The van der Waals surface area contributed by atoms with E-state index in [9.17, 15) is 13.2 Å². The summed E-state index contributed by atoms with van der Waals surface area (Å²) in [5, 5.41) is 2.76. The first-order chi connectivity index (χ1) is 7.57. The van der Waals surface area contributed by atoms with Gasteiger partial charge in [-0.1, -0.05) is 0 Å². The third-order valence-electron chi connectivity index (χ3n) is 2.38. The van der Waals surface area contributed by atoms with Crippen LogP contribution in [0.15, 0.2) is 18.3 Å². The molecule has 1 N–H and O–H groups in total. The molecule has 2 heterocycles. The van der Waals surface area contributed by atoms with Crippen LogP contribution in [0, 0.1) is 0 Å². The van der Waals surface area contributed by atoms with Crippen molar-refractivity contribution in [3.05, 3.63) is 23.9 Å². The lowest BCUT2D eigenvalue weighted by Gasteiger charge is -2.16. The molecule has 0 aromatic carbocycles. The van der Waals surface area contributed by atoms with Crippen molar-refractivity contribution >= 4 is 5.82 Å². The van der Waals surface area contributed by atoms with E-state index in [1.807, 2.05) is 0 Å². The Balaban J connectivity index is 2.19. The molecule has 1 fully saturated rings. The Hall–Kier alpha value is -1.30. The van der Waals surface area contributed by atoms with Gasteiger partial charge in [0.1, 0.15) is 5.82 Å². The molecule has 1 aromatic rings. The largest absolute Gasteiger partial charge is 0.419 e. The molecule has 0 radical (unpaired) electrons. The molecule has 3 nitrogen and oxygen atoms in total. The monoisotopic (exact) mass is 232 g/mol. The van der Waals surface area contributed by atoms with Crippen molar-refractivity contribution in [1.29, 1.82) is 0 Å². The summed E-state index contributed by atoms with van der Waals surface area (Å²) in [6.07, 6.45) is -2.34. The van der Waals surface area contributed by atoms with Crippen LogP contribution in [0.3, 0.4) is 0 Å². The van der Waals surface area contributed by atoms with Crippen LogP contribution in [0.4, 0.5) is 19.0 Å². The number of anilines is 1. The molecule has 1 saturated heterocycles. The van der Waals surface area contributed by atoms with Crippen LogP contribution >= 0.6 is 0 Å². The third kappa shape index (κ3) is 2.44. The molecule has 1 aliphatic heterocycles. The molecule has 0 saturated carbocycles. The van der Waals surface area contributed by atoms with Crippen molar-refractivity contribution in [3.63, 3.8) is 0 Å². The van der Waals surface area contributed by atoms with E-state index in [-0.39, 0.29) is 11.9 Å². The normalized spacial score (nSPS) is 21.1. The molecular weight excluding hydrogens is 221 g/mol. The van der Waals surface area contributed by atoms with Gasteiger partial charge in [0.05, 0.1) is 18.2 Å². The van der Waals surface area contributed by atoms with Crippen LogP contribution in [-0.2, 0) is 10.9 Å². The van der Waals surface area contributed by atoms with E-state index >= 15 is 0 Å². The molecule has 16 heavy (non-hydrogen) atoms. The maximum atomic E-state index is 12.6. The summed E-state index contributed by atoms with van der Waals surface area (Å²) in [4.78, 5) is 3.72. The number of nitrogens with zero attached hydrogens (tertiary/aromatic N) is 1.